The number of amides is 1. The molecule has 0 saturated heterocycles. The first-order chi connectivity index (χ1) is 9.06. The number of hydrogen-bond donors (Lipinski definition) is 1. The van der Waals surface area contributed by atoms with Crippen LogP contribution in [-0.2, 0) is 0 Å². The maximum absolute atomic E-state index is 13.6. The zero-order chi connectivity index (χ0) is 13.9. The van der Waals surface area contributed by atoms with E-state index in [4.69, 9.17) is 11.6 Å². The number of thioether (sulfide) groups is 1. The molecule has 0 unspecified atom stereocenters. The highest BCUT2D eigenvalue weighted by Crippen LogP contribution is 2.39. The van der Waals surface area contributed by atoms with E-state index < -0.39 is 5.82 Å². The molecule has 0 bridgehead atoms. The largest absolute Gasteiger partial charge is 0.351 e. The van der Waals surface area contributed by atoms with Crippen molar-refractivity contribution in [2.24, 2.45) is 0 Å². The average molecular weight is 302 g/mol. The second-order valence-corrected chi connectivity index (χ2v) is 6.61. The Morgan fingerprint density at radius 1 is 1.47 bits per heavy atom. The van der Waals surface area contributed by atoms with E-state index in [1.54, 1.807) is 11.8 Å². The molecule has 0 heterocycles. The normalized spacial score (nSPS) is 17.4. The lowest BCUT2D eigenvalue weighted by molar-refractivity contribution is 0.0945. The van der Waals surface area contributed by atoms with Crippen LogP contribution in [0.3, 0.4) is 0 Å². The smallest absolute Gasteiger partial charge is 0.254 e. The molecule has 2 rings (SSSR count). The lowest BCUT2D eigenvalue weighted by Gasteiger charge is -2.26. The number of nitrogens with one attached hydrogen (secondary N) is 1. The van der Waals surface area contributed by atoms with Crippen molar-refractivity contribution in [2.45, 2.75) is 30.4 Å². The maximum Gasteiger partial charge on any atom is 0.254 e. The third-order valence-corrected chi connectivity index (χ3v) is 5.35. The van der Waals surface area contributed by atoms with Crippen molar-refractivity contribution in [1.29, 1.82) is 0 Å². The Bertz CT molecular complexity index is 475. The number of benzene rings is 1. The van der Waals surface area contributed by atoms with Gasteiger partial charge in [0.05, 0.1) is 5.56 Å². The van der Waals surface area contributed by atoms with Crippen LogP contribution in [0.5, 0.6) is 0 Å². The van der Waals surface area contributed by atoms with Crippen molar-refractivity contribution in [1.82, 2.24) is 5.32 Å². The summed E-state index contributed by atoms with van der Waals surface area (Å²) in [5.74, 6) is -0.924. The third-order valence-electron chi connectivity index (χ3n) is 3.69. The molecule has 1 amide bonds. The Morgan fingerprint density at radius 3 is 2.79 bits per heavy atom. The fourth-order valence-corrected chi connectivity index (χ4v) is 3.57. The molecule has 0 aliphatic heterocycles. The molecule has 19 heavy (non-hydrogen) atoms. The fourth-order valence-electron chi connectivity index (χ4n) is 2.48. The summed E-state index contributed by atoms with van der Waals surface area (Å²) < 4.78 is 13.7. The summed E-state index contributed by atoms with van der Waals surface area (Å²) in [4.78, 5) is 12.0. The molecule has 1 aromatic carbocycles. The van der Waals surface area contributed by atoms with Gasteiger partial charge in [0, 0.05) is 16.3 Å². The highest BCUT2D eigenvalue weighted by Gasteiger charge is 2.33. The Balaban J connectivity index is 2.03. The zero-order valence-electron chi connectivity index (χ0n) is 10.8. The molecule has 1 saturated carbocycles. The van der Waals surface area contributed by atoms with E-state index in [0.717, 1.165) is 12.8 Å². The van der Waals surface area contributed by atoms with Crippen LogP contribution in [0.4, 0.5) is 4.39 Å². The van der Waals surface area contributed by atoms with Crippen LogP contribution in [0.1, 0.15) is 36.0 Å². The second-order valence-electron chi connectivity index (χ2n) is 4.90. The standard InChI is InChI=1S/C14H17ClFNOS/c1-19-14(6-2-3-7-14)9-17-13(18)11-8-10(15)4-5-12(11)16/h4-5,8H,2-3,6-7,9H2,1H3,(H,17,18). The minimum absolute atomic E-state index is 0.0155. The molecule has 1 aliphatic rings. The molecule has 1 fully saturated rings. The van der Waals surface area contributed by atoms with E-state index in [-0.39, 0.29) is 16.2 Å². The average Bonchev–Trinajstić information content (AvgIpc) is 2.88. The summed E-state index contributed by atoms with van der Waals surface area (Å²) in [6.45, 7) is 0.582. The molecule has 0 aromatic heterocycles. The van der Waals surface area contributed by atoms with Crippen molar-refractivity contribution in [2.75, 3.05) is 12.8 Å². The molecular formula is C14H17ClFNOS. The van der Waals surface area contributed by atoms with Gasteiger partial charge in [0.25, 0.3) is 5.91 Å². The molecule has 2 nitrogen and oxygen atoms in total. The van der Waals surface area contributed by atoms with Gasteiger partial charge in [-0.15, -0.1) is 0 Å². The number of halogens is 2. The lowest BCUT2D eigenvalue weighted by atomic mass is 10.1. The zero-order valence-corrected chi connectivity index (χ0v) is 12.4. The van der Waals surface area contributed by atoms with E-state index in [0.29, 0.717) is 11.6 Å². The lowest BCUT2D eigenvalue weighted by Crippen LogP contribution is -2.38. The molecule has 5 heteroatoms. The molecular weight excluding hydrogens is 285 g/mol. The van der Waals surface area contributed by atoms with Crippen molar-refractivity contribution in [3.63, 3.8) is 0 Å². The van der Waals surface area contributed by atoms with Gasteiger partial charge in [-0.3, -0.25) is 4.79 Å². The Morgan fingerprint density at radius 2 is 2.16 bits per heavy atom. The number of rotatable bonds is 4. The highest BCUT2D eigenvalue weighted by molar-refractivity contribution is 8.00. The van der Waals surface area contributed by atoms with E-state index in [1.807, 2.05) is 0 Å². The van der Waals surface area contributed by atoms with Crippen LogP contribution in [-0.4, -0.2) is 23.5 Å². The van der Waals surface area contributed by atoms with Crippen LogP contribution < -0.4 is 5.32 Å². The monoisotopic (exact) mass is 301 g/mol. The van der Waals surface area contributed by atoms with Crippen molar-refractivity contribution in [3.8, 4) is 0 Å². The molecule has 1 aliphatic carbocycles. The first kappa shape index (κ1) is 14.7. The van der Waals surface area contributed by atoms with Gasteiger partial charge in [0.1, 0.15) is 5.82 Å². The molecule has 1 N–H and O–H groups in total. The maximum atomic E-state index is 13.6. The summed E-state index contributed by atoms with van der Waals surface area (Å²) in [6.07, 6.45) is 6.67. The number of carbonyl (C=O) groups is 1. The van der Waals surface area contributed by atoms with Gasteiger partial charge in [-0.25, -0.2) is 4.39 Å². The van der Waals surface area contributed by atoms with Gasteiger partial charge >= 0.3 is 0 Å². The van der Waals surface area contributed by atoms with Crippen LogP contribution in [0.2, 0.25) is 5.02 Å². The summed E-state index contributed by atoms with van der Waals surface area (Å²) in [6, 6.07) is 4.03. The Labute approximate surface area is 122 Å². The van der Waals surface area contributed by atoms with Gasteiger partial charge in [0.2, 0.25) is 0 Å². The minimum atomic E-state index is -0.536. The summed E-state index contributed by atoms with van der Waals surface area (Å²) in [5.41, 5.74) is 0.0155. The van der Waals surface area contributed by atoms with E-state index in [1.165, 1.54) is 31.0 Å². The molecule has 0 spiro atoms. The van der Waals surface area contributed by atoms with Crippen molar-refractivity contribution >= 4 is 29.3 Å². The third kappa shape index (κ3) is 3.42. The van der Waals surface area contributed by atoms with Crippen LogP contribution in [0.15, 0.2) is 18.2 Å². The predicted octanol–water partition coefficient (Wildman–Crippen LogP) is 3.88. The van der Waals surface area contributed by atoms with Gasteiger partial charge in [0.15, 0.2) is 0 Å². The Kier molecular flexibility index (Phi) is 4.74. The van der Waals surface area contributed by atoms with E-state index in [9.17, 15) is 9.18 Å². The van der Waals surface area contributed by atoms with Crippen LogP contribution >= 0.6 is 23.4 Å². The predicted molar refractivity (Wildman–Crippen MR) is 78.5 cm³/mol. The molecule has 1 aromatic rings. The fraction of sp³-hybridized carbons (Fsp3) is 0.500. The van der Waals surface area contributed by atoms with Crippen LogP contribution in [0, 0.1) is 5.82 Å². The minimum Gasteiger partial charge on any atom is -0.351 e. The number of carbonyl (C=O) groups excluding carboxylic acids is 1. The summed E-state index contributed by atoms with van der Waals surface area (Å²) in [7, 11) is 0. The topological polar surface area (TPSA) is 29.1 Å². The van der Waals surface area contributed by atoms with Gasteiger partial charge in [-0.2, -0.15) is 11.8 Å². The molecule has 104 valence electrons. The van der Waals surface area contributed by atoms with E-state index in [2.05, 4.69) is 11.6 Å². The second kappa shape index (κ2) is 6.14. The first-order valence-corrected chi connectivity index (χ1v) is 7.95. The number of hydrogen-bond acceptors (Lipinski definition) is 2. The quantitative estimate of drug-likeness (QED) is 0.914. The van der Waals surface area contributed by atoms with E-state index >= 15 is 0 Å². The molecule has 0 radical (unpaired) electrons. The van der Waals surface area contributed by atoms with Crippen molar-refractivity contribution in [3.05, 3.63) is 34.6 Å². The summed E-state index contributed by atoms with van der Waals surface area (Å²) in [5, 5.41) is 3.21. The van der Waals surface area contributed by atoms with Gasteiger partial charge in [-0.05, 0) is 37.3 Å². The van der Waals surface area contributed by atoms with Crippen molar-refractivity contribution < 1.29 is 9.18 Å². The Hall–Kier alpha value is -0.740. The molecule has 0 atom stereocenters. The van der Waals surface area contributed by atoms with Crippen LogP contribution in [0.25, 0.3) is 0 Å². The van der Waals surface area contributed by atoms with Gasteiger partial charge in [-0.1, -0.05) is 24.4 Å². The summed E-state index contributed by atoms with van der Waals surface area (Å²) >= 11 is 7.58. The highest BCUT2D eigenvalue weighted by atomic mass is 35.5. The van der Waals surface area contributed by atoms with Gasteiger partial charge < -0.3 is 5.32 Å². The first-order valence-electron chi connectivity index (χ1n) is 6.35. The SMILES string of the molecule is CSC1(CNC(=O)c2cc(Cl)ccc2F)CCCC1.